The van der Waals surface area contributed by atoms with E-state index in [1.807, 2.05) is 20.8 Å². The van der Waals surface area contributed by atoms with Crippen molar-refractivity contribution in [1.82, 2.24) is 10.2 Å². The van der Waals surface area contributed by atoms with Crippen LogP contribution < -0.4 is 10.1 Å². The van der Waals surface area contributed by atoms with E-state index in [1.54, 1.807) is 11.0 Å². The lowest BCUT2D eigenvalue weighted by molar-refractivity contribution is 0.0702. The summed E-state index contributed by atoms with van der Waals surface area (Å²) in [4.78, 5) is 14.7. The molecule has 0 saturated carbocycles. The summed E-state index contributed by atoms with van der Waals surface area (Å²) in [6.45, 7) is 7.64. The van der Waals surface area contributed by atoms with Crippen LogP contribution in [0.25, 0.3) is 0 Å². The van der Waals surface area contributed by atoms with Crippen molar-refractivity contribution in [2.24, 2.45) is 0 Å². The maximum Gasteiger partial charge on any atom is 0.257 e. The SMILES string of the molecule is CC(C)Oc1ccc(S(C)(=O)=O)cc1C(=O)N1CCN[C@H](C)C1.Cl. The second-order valence-corrected chi connectivity index (χ2v) is 8.22. The van der Waals surface area contributed by atoms with Gasteiger partial charge in [-0.15, -0.1) is 12.4 Å². The molecule has 1 atom stereocenters. The largest absolute Gasteiger partial charge is 0.490 e. The number of halogens is 1. The summed E-state index contributed by atoms with van der Waals surface area (Å²) in [6, 6.07) is 4.67. The van der Waals surface area contributed by atoms with Crippen LogP contribution in [-0.2, 0) is 9.84 Å². The van der Waals surface area contributed by atoms with E-state index >= 15 is 0 Å². The molecule has 2 rings (SSSR count). The van der Waals surface area contributed by atoms with Crippen molar-refractivity contribution in [1.29, 1.82) is 0 Å². The van der Waals surface area contributed by atoms with Gasteiger partial charge in [0.05, 0.1) is 16.6 Å². The monoisotopic (exact) mass is 376 g/mol. The minimum Gasteiger partial charge on any atom is -0.490 e. The van der Waals surface area contributed by atoms with Gasteiger partial charge in [-0.05, 0) is 39.0 Å². The van der Waals surface area contributed by atoms with Crippen LogP contribution in [-0.4, -0.2) is 57.3 Å². The zero-order valence-electron chi connectivity index (χ0n) is 14.4. The Morgan fingerprint density at radius 1 is 1.38 bits per heavy atom. The molecule has 24 heavy (non-hydrogen) atoms. The minimum atomic E-state index is -3.38. The Hall–Kier alpha value is -1.31. The zero-order chi connectivity index (χ0) is 17.2. The third-order valence-electron chi connectivity index (χ3n) is 3.63. The number of benzene rings is 1. The number of sulfone groups is 1. The molecule has 1 N–H and O–H groups in total. The van der Waals surface area contributed by atoms with E-state index < -0.39 is 9.84 Å². The molecule has 1 heterocycles. The summed E-state index contributed by atoms with van der Waals surface area (Å²) in [5, 5.41) is 3.28. The zero-order valence-corrected chi connectivity index (χ0v) is 16.0. The van der Waals surface area contributed by atoms with Crippen LogP contribution in [0.4, 0.5) is 0 Å². The lowest BCUT2D eigenvalue weighted by atomic mass is 10.1. The fourth-order valence-electron chi connectivity index (χ4n) is 2.55. The molecular weight excluding hydrogens is 352 g/mol. The van der Waals surface area contributed by atoms with E-state index in [9.17, 15) is 13.2 Å². The van der Waals surface area contributed by atoms with Crippen molar-refractivity contribution in [2.45, 2.75) is 37.8 Å². The highest BCUT2D eigenvalue weighted by Crippen LogP contribution is 2.25. The first kappa shape index (κ1) is 20.7. The Morgan fingerprint density at radius 3 is 2.58 bits per heavy atom. The van der Waals surface area contributed by atoms with Crippen LogP contribution in [0.15, 0.2) is 23.1 Å². The highest BCUT2D eigenvalue weighted by Gasteiger charge is 2.25. The van der Waals surface area contributed by atoms with E-state index in [2.05, 4.69) is 5.32 Å². The maximum atomic E-state index is 12.9. The van der Waals surface area contributed by atoms with Crippen LogP contribution in [0.3, 0.4) is 0 Å². The number of ether oxygens (including phenoxy) is 1. The van der Waals surface area contributed by atoms with E-state index in [0.29, 0.717) is 24.4 Å². The van der Waals surface area contributed by atoms with E-state index in [4.69, 9.17) is 4.74 Å². The number of carbonyl (C=O) groups excluding carboxylic acids is 1. The van der Waals surface area contributed by atoms with Gasteiger partial charge in [-0.25, -0.2) is 8.42 Å². The number of rotatable bonds is 4. The molecular formula is C16H25ClN2O4S. The van der Waals surface area contributed by atoms with Crippen molar-refractivity contribution in [2.75, 3.05) is 25.9 Å². The fourth-order valence-corrected chi connectivity index (χ4v) is 3.20. The number of nitrogens with one attached hydrogen (secondary N) is 1. The highest BCUT2D eigenvalue weighted by molar-refractivity contribution is 7.90. The van der Waals surface area contributed by atoms with Gasteiger partial charge in [-0.1, -0.05) is 0 Å². The van der Waals surface area contributed by atoms with Crippen LogP contribution in [0.2, 0.25) is 0 Å². The first-order valence-electron chi connectivity index (χ1n) is 7.72. The fraction of sp³-hybridized carbons (Fsp3) is 0.562. The van der Waals surface area contributed by atoms with Crippen LogP contribution >= 0.6 is 12.4 Å². The number of nitrogens with zero attached hydrogens (tertiary/aromatic N) is 1. The topological polar surface area (TPSA) is 75.7 Å². The lowest BCUT2D eigenvalue weighted by Crippen LogP contribution is -2.51. The summed E-state index contributed by atoms with van der Waals surface area (Å²) in [6.07, 6.45) is 1.03. The van der Waals surface area contributed by atoms with Crippen LogP contribution in [0.5, 0.6) is 5.75 Å². The quantitative estimate of drug-likeness (QED) is 0.866. The lowest BCUT2D eigenvalue weighted by Gasteiger charge is -2.32. The van der Waals surface area contributed by atoms with E-state index in [0.717, 1.165) is 12.8 Å². The summed E-state index contributed by atoms with van der Waals surface area (Å²) in [7, 11) is -3.38. The normalized spacial score (nSPS) is 18.2. The van der Waals surface area contributed by atoms with Crippen molar-refractivity contribution >= 4 is 28.2 Å². The molecule has 0 aromatic heterocycles. The van der Waals surface area contributed by atoms with Crippen LogP contribution in [0, 0.1) is 0 Å². The maximum absolute atomic E-state index is 12.9. The summed E-state index contributed by atoms with van der Waals surface area (Å²) in [5.74, 6) is 0.225. The molecule has 1 fully saturated rings. The number of hydrogen-bond acceptors (Lipinski definition) is 5. The third kappa shape index (κ3) is 5.09. The molecule has 0 radical (unpaired) electrons. The first-order valence-corrected chi connectivity index (χ1v) is 9.61. The van der Waals surface area contributed by atoms with Gasteiger partial charge in [-0.3, -0.25) is 4.79 Å². The third-order valence-corrected chi connectivity index (χ3v) is 4.74. The van der Waals surface area contributed by atoms with Gasteiger partial charge in [0.25, 0.3) is 5.91 Å². The van der Waals surface area contributed by atoms with Gasteiger partial charge in [0.15, 0.2) is 9.84 Å². The Morgan fingerprint density at radius 2 is 2.04 bits per heavy atom. The van der Waals surface area contributed by atoms with Crippen LogP contribution in [0.1, 0.15) is 31.1 Å². The van der Waals surface area contributed by atoms with E-state index in [1.165, 1.54) is 12.1 Å². The van der Waals surface area contributed by atoms with Gasteiger partial charge in [0, 0.05) is 31.9 Å². The van der Waals surface area contributed by atoms with Gasteiger partial charge >= 0.3 is 0 Å². The smallest absolute Gasteiger partial charge is 0.257 e. The van der Waals surface area contributed by atoms with Crippen molar-refractivity contribution in [3.63, 3.8) is 0 Å². The molecule has 1 aromatic carbocycles. The molecule has 1 aliphatic rings. The van der Waals surface area contributed by atoms with Gasteiger partial charge < -0.3 is 15.0 Å². The van der Waals surface area contributed by atoms with E-state index in [-0.39, 0.29) is 35.4 Å². The van der Waals surface area contributed by atoms with Gasteiger partial charge in [0.2, 0.25) is 0 Å². The predicted molar refractivity (Wildman–Crippen MR) is 95.9 cm³/mol. The molecule has 0 unspecified atom stereocenters. The minimum absolute atomic E-state index is 0. The Bertz CT molecular complexity index is 691. The average molecular weight is 377 g/mol. The first-order chi connectivity index (χ1) is 10.7. The summed E-state index contributed by atoms with van der Waals surface area (Å²) >= 11 is 0. The molecule has 1 aliphatic heterocycles. The summed E-state index contributed by atoms with van der Waals surface area (Å²) < 4.78 is 29.3. The molecule has 136 valence electrons. The number of amides is 1. The number of piperazine rings is 1. The molecule has 0 spiro atoms. The molecule has 0 aliphatic carbocycles. The van der Waals surface area contributed by atoms with Gasteiger partial charge in [0.1, 0.15) is 5.75 Å². The Kier molecular flexibility index (Phi) is 7.07. The second kappa shape index (κ2) is 8.18. The van der Waals surface area contributed by atoms with Crippen molar-refractivity contribution in [3.05, 3.63) is 23.8 Å². The highest BCUT2D eigenvalue weighted by atomic mass is 35.5. The molecule has 1 saturated heterocycles. The molecule has 1 amide bonds. The molecule has 6 nitrogen and oxygen atoms in total. The number of hydrogen-bond donors (Lipinski definition) is 1. The molecule has 8 heteroatoms. The number of carbonyl (C=O) groups is 1. The average Bonchev–Trinajstić information content (AvgIpc) is 2.45. The van der Waals surface area contributed by atoms with Crippen molar-refractivity contribution in [3.8, 4) is 5.75 Å². The second-order valence-electron chi connectivity index (χ2n) is 6.20. The predicted octanol–water partition coefficient (Wildman–Crippen LogP) is 1.73. The molecule has 1 aromatic rings. The molecule has 0 bridgehead atoms. The van der Waals surface area contributed by atoms with Gasteiger partial charge in [-0.2, -0.15) is 0 Å². The Labute approximate surface area is 149 Å². The Balaban J connectivity index is 0.00000288. The standard InChI is InChI=1S/C16H24N2O4S.ClH/c1-11(2)22-15-6-5-13(23(4,20)21)9-14(15)16(19)18-8-7-17-12(3)10-18;/h5-6,9,11-12,17H,7-8,10H2,1-4H3;1H/t12-;/m1./s1. The van der Waals surface area contributed by atoms with Crippen molar-refractivity contribution < 1.29 is 17.9 Å². The summed E-state index contributed by atoms with van der Waals surface area (Å²) in [5.41, 5.74) is 0.302.